The molecule has 206 valence electrons. The summed E-state index contributed by atoms with van der Waals surface area (Å²) in [6, 6.07) is 9.81. The lowest BCUT2D eigenvalue weighted by Crippen LogP contribution is -2.45. The van der Waals surface area contributed by atoms with E-state index >= 15 is 0 Å². The maximum Gasteiger partial charge on any atom is 0.287 e. The zero-order valence-corrected chi connectivity index (χ0v) is 22.9. The van der Waals surface area contributed by atoms with E-state index in [4.69, 9.17) is 11.6 Å². The van der Waals surface area contributed by atoms with Crippen molar-refractivity contribution in [2.45, 2.75) is 12.6 Å². The maximum atomic E-state index is 14.2. The third kappa shape index (κ3) is 4.82. The number of rotatable bonds is 6. The molecule has 15 heteroatoms. The number of sulfone groups is 1. The highest BCUT2D eigenvalue weighted by Gasteiger charge is 2.37. The molecule has 2 aliphatic rings. The first kappa shape index (κ1) is 26.3. The van der Waals surface area contributed by atoms with Gasteiger partial charge in [0.15, 0.2) is 15.7 Å². The van der Waals surface area contributed by atoms with Crippen molar-refractivity contribution in [3.05, 3.63) is 76.1 Å². The Bertz CT molecular complexity index is 1810. The van der Waals surface area contributed by atoms with Crippen molar-refractivity contribution in [1.29, 1.82) is 0 Å². The number of fused-ring (bicyclic) bond motifs is 2. The second-order valence-corrected chi connectivity index (χ2v) is 12.9. The van der Waals surface area contributed by atoms with Crippen molar-refractivity contribution in [3.8, 4) is 0 Å². The van der Waals surface area contributed by atoms with Gasteiger partial charge in [-0.1, -0.05) is 29.8 Å². The van der Waals surface area contributed by atoms with Gasteiger partial charge in [-0.15, -0.1) is 0 Å². The molecule has 40 heavy (non-hydrogen) atoms. The molecule has 3 N–H and O–H groups in total. The van der Waals surface area contributed by atoms with Gasteiger partial charge < -0.3 is 20.5 Å². The summed E-state index contributed by atoms with van der Waals surface area (Å²) in [5, 5.41) is 8.92. The lowest BCUT2D eigenvalue weighted by atomic mass is 10.0. The van der Waals surface area contributed by atoms with E-state index in [0.29, 0.717) is 5.39 Å². The van der Waals surface area contributed by atoms with Gasteiger partial charge in [-0.2, -0.15) is 4.37 Å². The van der Waals surface area contributed by atoms with Gasteiger partial charge in [0.2, 0.25) is 11.7 Å². The zero-order chi connectivity index (χ0) is 28.2. The van der Waals surface area contributed by atoms with Crippen molar-refractivity contribution < 1.29 is 27.2 Å². The molecule has 1 fully saturated rings. The van der Waals surface area contributed by atoms with Gasteiger partial charge in [-0.25, -0.2) is 17.8 Å². The lowest BCUT2D eigenvalue weighted by molar-refractivity contribution is -0.123. The fraction of sp³-hybridized carbons (Fsp3) is 0.240. The molecule has 1 atom stereocenters. The first-order valence-electron chi connectivity index (χ1n) is 12.1. The van der Waals surface area contributed by atoms with Crippen LogP contribution in [0.15, 0.2) is 42.5 Å². The lowest BCUT2D eigenvalue weighted by Gasteiger charge is -2.28. The summed E-state index contributed by atoms with van der Waals surface area (Å²) >= 11 is 7.53. The molecule has 11 nitrogen and oxygen atoms in total. The summed E-state index contributed by atoms with van der Waals surface area (Å²) in [6.45, 7) is -0.208. The molecule has 4 heterocycles. The van der Waals surface area contributed by atoms with E-state index in [-0.39, 0.29) is 64.1 Å². The van der Waals surface area contributed by atoms with E-state index in [0.717, 1.165) is 22.3 Å². The van der Waals surface area contributed by atoms with Crippen LogP contribution in [0.5, 0.6) is 0 Å². The Morgan fingerprint density at radius 1 is 1.18 bits per heavy atom. The van der Waals surface area contributed by atoms with Crippen molar-refractivity contribution in [1.82, 2.24) is 24.6 Å². The quantitative estimate of drug-likeness (QED) is 0.307. The molecule has 0 bridgehead atoms. The van der Waals surface area contributed by atoms with Crippen molar-refractivity contribution >= 4 is 66.6 Å². The average Bonchev–Trinajstić information content (AvgIpc) is 3.49. The third-order valence-corrected chi connectivity index (χ3v) is 9.84. The summed E-state index contributed by atoms with van der Waals surface area (Å²) in [6.07, 6.45) is 0. The summed E-state index contributed by atoms with van der Waals surface area (Å²) in [4.78, 5) is 43.7. The number of halogens is 2. The predicted octanol–water partition coefficient (Wildman–Crippen LogP) is 2.53. The van der Waals surface area contributed by atoms with Crippen molar-refractivity contribution in [2.75, 3.05) is 23.4 Å². The van der Waals surface area contributed by atoms with Gasteiger partial charge in [0, 0.05) is 28.4 Å². The zero-order valence-electron chi connectivity index (χ0n) is 20.5. The van der Waals surface area contributed by atoms with Crippen LogP contribution < -0.4 is 16.0 Å². The predicted molar refractivity (Wildman–Crippen MR) is 146 cm³/mol. The van der Waals surface area contributed by atoms with E-state index in [1.54, 1.807) is 12.1 Å². The number of carbonyl (C=O) groups excluding carboxylic acids is 3. The number of aromatic nitrogens is 3. The number of nitrogens with zero attached hydrogens (tertiary/aromatic N) is 3. The number of anilines is 1. The molecule has 0 radical (unpaired) electrons. The Morgan fingerprint density at radius 3 is 2.73 bits per heavy atom. The average molecular weight is 603 g/mol. The molecule has 1 unspecified atom stereocenters. The van der Waals surface area contributed by atoms with Crippen molar-refractivity contribution in [2.24, 2.45) is 5.92 Å². The van der Waals surface area contributed by atoms with Crippen LogP contribution in [-0.2, 0) is 21.2 Å². The highest BCUT2D eigenvalue weighted by atomic mass is 35.5. The molecular formula is C25H20ClFN6O5S2. The van der Waals surface area contributed by atoms with Gasteiger partial charge >= 0.3 is 0 Å². The van der Waals surface area contributed by atoms with E-state index in [9.17, 15) is 27.2 Å². The smallest absolute Gasteiger partial charge is 0.287 e. The molecule has 0 saturated carbocycles. The second-order valence-electron chi connectivity index (χ2n) is 9.56. The van der Waals surface area contributed by atoms with Crippen LogP contribution in [0.4, 0.5) is 10.2 Å². The minimum Gasteiger partial charge on any atom is -0.349 e. The van der Waals surface area contributed by atoms with Crippen LogP contribution in [0.1, 0.15) is 38.4 Å². The van der Waals surface area contributed by atoms with E-state index in [1.165, 1.54) is 16.7 Å². The van der Waals surface area contributed by atoms with Crippen LogP contribution in [0.3, 0.4) is 0 Å². The van der Waals surface area contributed by atoms with Gasteiger partial charge in [0.05, 0.1) is 27.9 Å². The Hall–Kier alpha value is -3.88. The van der Waals surface area contributed by atoms with Gasteiger partial charge in [-0.05, 0) is 35.8 Å². The van der Waals surface area contributed by atoms with E-state index < -0.39 is 39.4 Å². The Balaban J connectivity index is 1.40. The fourth-order valence-corrected chi connectivity index (χ4v) is 7.46. The van der Waals surface area contributed by atoms with Gasteiger partial charge in [0.1, 0.15) is 18.1 Å². The van der Waals surface area contributed by atoms with Crippen LogP contribution >= 0.6 is 23.1 Å². The summed E-state index contributed by atoms with van der Waals surface area (Å²) in [5.41, 5.74) is 0.577. The van der Waals surface area contributed by atoms with Crippen LogP contribution in [0, 0.1) is 11.7 Å². The van der Waals surface area contributed by atoms with Crippen LogP contribution in [-0.4, -0.2) is 58.1 Å². The topological polar surface area (TPSA) is 152 Å². The molecule has 2 aromatic carbocycles. The van der Waals surface area contributed by atoms with Gasteiger partial charge in [-0.3, -0.25) is 14.4 Å². The standard InChI is InChI=1S/C25H20ClFN6O5S2/c26-16-6-5-13(27)7-15(16)19-21-22(31-24(35)20-14-3-1-2-4-17(14)39-32-20)30-23(33(21)9-18(34)29-19)25(36)28-8-12-10-40(37,38)11-12/h1-7,12,19H,8-11H2,(H,28,36)(H,29,34)(H,31,35). The van der Waals surface area contributed by atoms with Crippen LogP contribution in [0.2, 0.25) is 5.02 Å². The molecule has 6 rings (SSSR count). The Kier molecular flexibility index (Phi) is 6.55. The van der Waals surface area contributed by atoms with Gasteiger partial charge in [0.25, 0.3) is 11.8 Å². The molecule has 4 aromatic rings. The van der Waals surface area contributed by atoms with E-state index in [2.05, 4.69) is 25.3 Å². The number of hydrogen-bond acceptors (Lipinski definition) is 8. The monoisotopic (exact) mass is 602 g/mol. The molecule has 0 spiro atoms. The molecule has 1 saturated heterocycles. The summed E-state index contributed by atoms with van der Waals surface area (Å²) in [5.74, 6) is -2.85. The number of imidazole rings is 1. The molecular weight excluding hydrogens is 583 g/mol. The number of nitrogens with one attached hydrogen (secondary N) is 3. The minimum atomic E-state index is -3.08. The van der Waals surface area contributed by atoms with E-state index in [1.807, 2.05) is 12.1 Å². The van der Waals surface area contributed by atoms with Crippen molar-refractivity contribution in [3.63, 3.8) is 0 Å². The Morgan fingerprint density at radius 2 is 1.95 bits per heavy atom. The first-order valence-corrected chi connectivity index (χ1v) is 15.1. The third-order valence-electron chi connectivity index (χ3n) is 6.71. The highest BCUT2D eigenvalue weighted by Crippen LogP contribution is 2.36. The fourth-order valence-electron chi connectivity index (χ4n) is 4.88. The SMILES string of the molecule is O=C1Cn2c(C(=O)NCC3CS(=O)(=O)C3)nc(NC(=O)c3nsc4ccccc34)c2C(c2cc(F)ccc2Cl)N1. The molecule has 2 aromatic heterocycles. The summed E-state index contributed by atoms with van der Waals surface area (Å²) < 4.78 is 43.6. The highest BCUT2D eigenvalue weighted by molar-refractivity contribution is 7.92. The largest absolute Gasteiger partial charge is 0.349 e. The second kappa shape index (κ2) is 9.94. The number of benzene rings is 2. The number of amides is 3. The number of hydrogen-bond donors (Lipinski definition) is 3. The number of carbonyl (C=O) groups is 3. The maximum absolute atomic E-state index is 14.2. The molecule has 0 aliphatic carbocycles. The Labute approximate surface area is 235 Å². The van der Waals surface area contributed by atoms with Crippen LogP contribution in [0.25, 0.3) is 10.1 Å². The summed E-state index contributed by atoms with van der Waals surface area (Å²) in [7, 11) is -3.08. The first-order chi connectivity index (χ1) is 19.1. The molecule has 2 aliphatic heterocycles. The normalized spacial score (nSPS) is 18.1. The molecule has 3 amide bonds. The minimum absolute atomic E-state index is 0.0293.